The van der Waals surface area contributed by atoms with Crippen molar-refractivity contribution < 1.29 is 14.7 Å². The predicted octanol–water partition coefficient (Wildman–Crippen LogP) is 2.18. The van der Waals surface area contributed by atoms with Crippen LogP contribution in [-0.4, -0.2) is 29.0 Å². The number of aliphatic carboxylic acids is 1. The predicted molar refractivity (Wildman–Crippen MR) is 72.8 cm³/mol. The molecule has 1 aromatic heterocycles. The van der Waals surface area contributed by atoms with Crippen LogP contribution in [0.5, 0.6) is 0 Å². The van der Waals surface area contributed by atoms with Gasteiger partial charge in [-0.25, -0.2) is 0 Å². The van der Waals surface area contributed by atoms with E-state index in [2.05, 4.69) is 4.98 Å². The Kier molecular flexibility index (Phi) is 4.64. The van der Waals surface area contributed by atoms with E-state index in [1.54, 1.807) is 38.5 Å². The van der Waals surface area contributed by atoms with Gasteiger partial charge in [-0.2, -0.15) is 0 Å². The SMILES string of the molecule is CC(C)C(C)(CC(=O)N(C)c1cccnc1)C(=O)O. The molecule has 0 aliphatic rings. The van der Waals surface area contributed by atoms with E-state index in [0.717, 1.165) is 0 Å². The topological polar surface area (TPSA) is 70.5 Å². The highest BCUT2D eigenvalue weighted by molar-refractivity contribution is 5.95. The fourth-order valence-electron chi connectivity index (χ4n) is 1.66. The number of rotatable bonds is 5. The summed E-state index contributed by atoms with van der Waals surface area (Å²) in [6.07, 6.45) is 3.16. The summed E-state index contributed by atoms with van der Waals surface area (Å²) in [5, 5.41) is 9.32. The average Bonchev–Trinajstić information content (AvgIpc) is 2.38. The quantitative estimate of drug-likeness (QED) is 0.885. The highest BCUT2D eigenvalue weighted by Crippen LogP contribution is 2.32. The van der Waals surface area contributed by atoms with E-state index in [1.165, 1.54) is 4.90 Å². The Morgan fingerprint density at radius 2 is 2.11 bits per heavy atom. The van der Waals surface area contributed by atoms with Gasteiger partial charge in [0.05, 0.1) is 17.3 Å². The lowest BCUT2D eigenvalue weighted by Crippen LogP contribution is -2.39. The second-order valence-electron chi connectivity index (χ2n) is 5.22. The molecule has 0 aliphatic heterocycles. The lowest BCUT2D eigenvalue weighted by atomic mass is 9.76. The van der Waals surface area contributed by atoms with Crippen LogP contribution in [0.2, 0.25) is 0 Å². The maximum atomic E-state index is 12.2. The van der Waals surface area contributed by atoms with Crippen LogP contribution >= 0.6 is 0 Å². The van der Waals surface area contributed by atoms with E-state index in [0.29, 0.717) is 5.69 Å². The number of hydrogen-bond donors (Lipinski definition) is 1. The van der Waals surface area contributed by atoms with Gasteiger partial charge in [0.1, 0.15) is 0 Å². The van der Waals surface area contributed by atoms with E-state index in [1.807, 2.05) is 13.8 Å². The molecule has 1 aromatic rings. The lowest BCUT2D eigenvalue weighted by molar-refractivity contribution is -0.153. The van der Waals surface area contributed by atoms with Crippen molar-refractivity contribution in [1.29, 1.82) is 0 Å². The normalized spacial score (nSPS) is 13.9. The number of pyridine rings is 1. The van der Waals surface area contributed by atoms with Crippen molar-refractivity contribution in [2.75, 3.05) is 11.9 Å². The first-order valence-corrected chi connectivity index (χ1v) is 6.19. The Morgan fingerprint density at radius 3 is 2.53 bits per heavy atom. The van der Waals surface area contributed by atoms with Gasteiger partial charge in [-0.05, 0) is 25.0 Å². The van der Waals surface area contributed by atoms with Crippen molar-refractivity contribution in [1.82, 2.24) is 4.98 Å². The molecule has 0 spiro atoms. The third-order valence-corrected chi connectivity index (χ3v) is 3.69. The van der Waals surface area contributed by atoms with Gasteiger partial charge in [-0.15, -0.1) is 0 Å². The number of nitrogens with zero attached hydrogens (tertiary/aromatic N) is 2. The zero-order valence-electron chi connectivity index (χ0n) is 11.8. The molecule has 0 fully saturated rings. The molecule has 0 aliphatic carbocycles. The molecule has 1 unspecified atom stereocenters. The molecular formula is C14H20N2O3. The summed E-state index contributed by atoms with van der Waals surface area (Å²) in [7, 11) is 1.63. The lowest BCUT2D eigenvalue weighted by Gasteiger charge is -2.30. The summed E-state index contributed by atoms with van der Waals surface area (Å²) in [6, 6.07) is 3.50. The molecule has 1 heterocycles. The highest BCUT2D eigenvalue weighted by Gasteiger charge is 2.39. The van der Waals surface area contributed by atoms with Crippen molar-refractivity contribution in [3.05, 3.63) is 24.5 Å². The van der Waals surface area contributed by atoms with Crippen molar-refractivity contribution in [2.24, 2.45) is 11.3 Å². The van der Waals surface area contributed by atoms with Gasteiger partial charge in [0.2, 0.25) is 5.91 Å². The molecule has 1 N–H and O–H groups in total. The zero-order chi connectivity index (χ0) is 14.6. The van der Waals surface area contributed by atoms with Gasteiger partial charge in [0.25, 0.3) is 0 Å². The number of hydrogen-bond acceptors (Lipinski definition) is 3. The molecular weight excluding hydrogens is 244 g/mol. The highest BCUT2D eigenvalue weighted by atomic mass is 16.4. The minimum Gasteiger partial charge on any atom is -0.481 e. The Hall–Kier alpha value is -1.91. The second kappa shape index (κ2) is 5.82. The Morgan fingerprint density at radius 1 is 1.47 bits per heavy atom. The Balaban J connectivity index is 2.87. The maximum absolute atomic E-state index is 12.2. The molecule has 104 valence electrons. The smallest absolute Gasteiger partial charge is 0.310 e. The molecule has 1 rings (SSSR count). The fourth-order valence-corrected chi connectivity index (χ4v) is 1.66. The molecule has 0 saturated heterocycles. The van der Waals surface area contributed by atoms with Crippen LogP contribution in [0.3, 0.4) is 0 Å². The molecule has 1 amide bonds. The summed E-state index contributed by atoms with van der Waals surface area (Å²) in [6.45, 7) is 5.23. The summed E-state index contributed by atoms with van der Waals surface area (Å²) in [4.78, 5) is 29.0. The average molecular weight is 264 g/mol. The first-order chi connectivity index (χ1) is 8.79. The Bertz CT molecular complexity index is 459. The fraction of sp³-hybridized carbons (Fsp3) is 0.500. The molecule has 0 bridgehead atoms. The first-order valence-electron chi connectivity index (χ1n) is 6.19. The van der Waals surface area contributed by atoms with Gasteiger partial charge in [-0.1, -0.05) is 13.8 Å². The van der Waals surface area contributed by atoms with E-state index in [4.69, 9.17) is 0 Å². The minimum atomic E-state index is -1.06. The van der Waals surface area contributed by atoms with Gasteiger partial charge in [0.15, 0.2) is 0 Å². The summed E-state index contributed by atoms with van der Waals surface area (Å²) >= 11 is 0. The van der Waals surface area contributed by atoms with Crippen LogP contribution in [0.1, 0.15) is 27.2 Å². The molecule has 0 radical (unpaired) electrons. The standard InChI is InChI=1S/C14H20N2O3/c1-10(2)14(3,13(18)19)8-12(17)16(4)11-6-5-7-15-9-11/h5-7,9-10H,8H2,1-4H3,(H,18,19). The van der Waals surface area contributed by atoms with Crippen molar-refractivity contribution in [2.45, 2.75) is 27.2 Å². The van der Waals surface area contributed by atoms with Crippen LogP contribution in [0, 0.1) is 11.3 Å². The van der Waals surface area contributed by atoms with Crippen LogP contribution in [0.25, 0.3) is 0 Å². The van der Waals surface area contributed by atoms with E-state index < -0.39 is 11.4 Å². The van der Waals surface area contributed by atoms with E-state index in [9.17, 15) is 14.7 Å². The third kappa shape index (κ3) is 3.30. The van der Waals surface area contributed by atoms with Crippen molar-refractivity contribution in [3.8, 4) is 0 Å². The summed E-state index contributed by atoms with van der Waals surface area (Å²) < 4.78 is 0. The number of aromatic nitrogens is 1. The summed E-state index contributed by atoms with van der Waals surface area (Å²) in [5.41, 5.74) is -0.405. The molecule has 19 heavy (non-hydrogen) atoms. The third-order valence-electron chi connectivity index (χ3n) is 3.69. The van der Waals surface area contributed by atoms with Gasteiger partial charge in [0, 0.05) is 19.7 Å². The molecule has 0 aromatic carbocycles. The van der Waals surface area contributed by atoms with Crippen molar-refractivity contribution >= 4 is 17.6 Å². The number of carbonyl (C=O) groups is 2. The molecule has 5 heteroatoms. The van der Waals surface area contributed by atoms with Crippen LogP contribution in [0.15, 0.2) is 24.5 Å². The van der Waals surface area contributed by atoms with Crippen LogP contribution in [-0.2, 0) is 9.59 Å². The van der Waals surface area contributed by atoms with E-state index >= 15 is 0 Å². The number of carbonyl (C=O) groups excluding carboxylic acids is 1. The Labute approximate surface area is 113 Å². The monoisotopic (exact) mass is 264 g/mol. The number of anilines is 1. The van der Waals surface area contributed by atoms with Gasteiger partial charge < -0.3 is 10.0 Å². The maximum Gasteiger partial charge on any atom is 0.310 e. The molecule has 1 atom stereocenters. The summed E-state index contributed by atoms with van der Waals surface area (Å²) in [5.74, 6) is -1.31. The van der Waals surface area contributed by atoms with Crippen molar-refractivity contribution in [3.63, 3.8) is 0 Å². The van der Waals surface area contributed by atoms with Gasteiger partial charge in [-0.3, -0.25) is 14.6 Å². The van der Waals surface area contributed by atoms with E-state index in [-0.39, 0.29) is 18.2 Å². The second-order valence-corrected chi connectivity index (χ2v) is 5.22. The first kappa shape index (κ1) is 15.1. The minimum absolute atomic E-state index is 0.0363. The number of carboxylic acid groups (broad SMARTS) is 1. The van der Waals surface area contributed by atoms with Gasteiger partial charge >= 0.3 is 5.97 Å². The number of amides is 1. The van der Waals surface area contributed by atoms with Crippen LogP contribution < -0.4 is 4.90 Å². The zero-order valence-corrected chi connectivity index (χ0v) is 11.8. The largest absolute Gasteiger partial charge is 0.481 e. The van der Waals surface area contributed by atoms with Crippen LogP contribution in [0.4, 0.5) is 5.69 Å². The number of carboxylic acids is 1. The molecule has 5 nitrogen and oxygen atoms in total. The molecule has 0 saturated carbocycles.